The fraction of sp³-hybridized carbons (Fsp3) is 0.625. The second-order valence-electron chi connectivity index (χ2n) is 4.82. The number of nitrogens with zero attached hydrogens (tertiary/aromatic N) is 1. The van der Waals surface area contributed by atoms with Crippen LogP contribution in [0.3, 0.4) is 0 Å². The predicted molar refractivity (Wildman–Crippen MR) is 86.5 cm³/mol. The Kier molecular flexibility index (Phi) is 8.86. The summed E-state index contributed by atoms with van der Waals surface area (Å²) in [5.41, 5.74) is 1.25. The Balaban J connectivity index is 2.47. The molecule has 0 aliphatic rings. The molecular weight excluding hydrogens is 272 g/mol. The lowest BCUT2D eigenvalue weighted by atomic mass is 10.0. The van der Waals surface area contributed by atoms with Crippen molar-refractivity contribution in [3.05, 3.63) is 34.9 Å². The van der Waals surface area contributed by atoms with E-state index in [1.165, 1.54) is 5.56 Å². The van der Waals surface area contributed by atoms with Gasteiger partial charge < -0.3 is 15.0 Å². The third kappa shape index (κ3) is 6.23. The van der Waals surface area contributed by atoms with E-state index >= 15 is 0 Å². The zero-order chi connectivity index (χ0) is 14.8. The van der Waals surface area contributed by atoms with Crippen LogP contribution < -0.4 is 5.32 Å². The Bertz CT molecular complexity index is 373. The molecule has 114 valence electrons. The Morgan fingerprint density at radius 2 is 2.10 bits per heavy atom. The lowest BCUT2D eigenvalue weighted by Gasteiger charge is -2.24. The lowest BCUT2D eigenvalue weighted by Crippen LogP contribution is -2.31. The molecule has 3 nitrogen and oxygen atoms in total. The van der Waals surface area contributed by atoms with E-state index in [-0.39, 0.29) is 0 Å². The number of hydrogen-bond donors (Lipinski definition) is 1. The first-order chi connectivity index (χ1) is 9.71. The monoisotopic (exact) mass is 298 g/mol. The molecule has 0 radical (unpaired) electrons. The van der Waals surface area contributed by atoms with Crippen LogP contribution in [0.1, 0.15) is 31.9 Å². The molecule has 1 aromatic carbocycles. The molecule has 0 saturated carbocycles. The first-order valence-corrected chi connectivity index (χ1v) is 7.81. The van der Waals surface area contributed by atoms with E-state index in [4.69, 9.17) is 16.3 Å². The zero-order valence-electron chi connectivity index (χ0n) is 12.9. The van der Waals surface area contributed by atoms with Crippen LogP contribution >= 0.6 is 11.6 Å². The molecule has 0 bridgehead atoms. The van der Waals surface area contributed by atoms with Gasteiger partial charge in [0.25, 0.3) is 0 Å². The second-order valence-corrected chi connectivity index (χ2v) is 5.25. The zero-order valence-corrected chi connectivity index (χ0v) is 13.6. The molecule has 1 aromatic rings. The van der Waals surface area contributed by atoms with E-state index in [2.05, 4.69) is 23.2 Å². The Labute approximate surface area is 128 Å². The van der Waals surface area contributed by atoms with Crippen LogP contribution in [0.4, 0.5) is 0 Å². The summed E-state index contributed by atoms with van der Waals surface area (Å²) < 4.78 is 5.42. The highest BCUT2D eigenvalue weighted by Crippen LogP contribution is 2.20. The molecule has 20 heavy (non-hydrogen) atoms. The summed E-state index contributed by atoms with van der Waals surface area (Å²) in [6.45, 7) is 8.94. The van der Waals surface area contributed by atoms with Crippen LogP contribution in [0.25, 0.3) is 0 Å². The summed E-state index contributed by atoms with van der Waals surface area (Å²) in [6.07, 6.45) is 1.07. The van der Waals surface area contributed by atoms with Crippen LogP contribution in [0.15, 0.2) is 24.3 Å². The average molecular weight is 299 g/mol. The third-order valence-corrected chi connectivity index (χ3v) is 3.77. The maximum absolute atomic E-state index is 6.07. The summed E-state index contributed by atoms with van der Waals surface area (Å²) >= 11 is 6.07. The summed E-state index contributed by atoms with van der Waals surface area (Å²) in [6, 6.07) is 8.44. The maximum Gasteiger partial charge on any atom is 0.0593 e. The van der Waals surface area contributed by atoms with Gasteiger partial charge in [0, 0.05) is 30.8 Å². The van der Waals surface area contributed by atoms with Crippen molar-refractivity contribution >= 4 is 11.6 Å². The highest BCUT2D eigenvalue weighted by atomic mass is 35.5. The van der Waals surface area contributed by atoms with Gasteiger partial charge in [-0.25, -0.2) is 0 Å². The van der Waals surface area contributed by atoms with Crippen molar-refractivity contribution in [1.82, 2.24) is 10.2 Å². The fourth-order valence-corrected chi connectivity index (χ4v) is 2.48. The topological polar surface area (TPSA) is 24.5 Å². The first-order valence-electron chi connectivity index (χ1n) is 7.44. The van der Waals surface area contributed by atoms with E-state index in [1.54, 1.807) is 0 Å². The van der Waals surface area contributed by atoms with Gasteiger partial charge in [-0.2, -0.15) is 0 Å². The molecule has 1 N–H and O–H groups in total. The number of likely N-dealkylation sites (N-methyl/N-ethyl adjacent to an activating group) is 1. The van der Waals surface area contributed by atoms with Crippen LogP contribution in [-0.4, -0.2) is 44.8 Å². The summed E-state index contributed by atoms with van der Waals surface area (Å²) in [7, 11) is 2.00. The van der Waals surface area contributed by atoms with Gasteiger partial charge in [0.1, 0.15) is 0 Å². The first kappa shape index (κ1) is 17.4. The highest BCUT2D eigenvalue weighted by molar-refractivity contribution is 6.30. The summed E-state index contributed by atoms with van der Waals surface area (Å²) in [5.74, 6) is 0. The second kappa shape index (κ2) is 10.2. The van der Waals surface area contributed by atoms with Gasteiger partial charge in [-0.05, 0) is 44.6 Å². The Hall–Kier alpha value is -0.610. The van der Waals surface area contributed by atoms with Crippen molar-refractivity contribution in [2.45, 2.75) is 26.3 Å². The number of ether oxygens (including phenoxy) is 1. The van der Waals surface area contributed by atoms with Crippen molar-refractivity contribution in [2.24, 2.45) is 0 Å². The van der Waals surface area contributed by atoms with E-state index in [1.807, 2.05) is 32.2 Å². The average Bonchev–Trinajstić information content (AvgIpc) is 2.46. The largest absolute Gasteiger partial charge is 0.380 e. The molecule has 0 aliphatic carbocycles. The van der Waals surface area contributed by atoms with Crippen molar-refractivity contribution in [1.29, 1.82) is 0 Å². The quantitative estimate of drug-likeness (QED) is 0.671. The van der Waals surface area contributed by atoms with Gasteiger partial charge in [0.05, 0.1) is 6.61 Å². The van der Waals surface area contributed by atoms with Crippen molar-refractivity contribution in [2.75, 3.05) is 39.9 Å². The number of benzene rings is 1. The van der Waals surface area contributed by atoms with Gasteiger partial charge >= 0.3 is 0 Å². The Morgan fingerprint density at radius 1 is 1.30 bits per heavy atom. The van der Waals surface area contributed by atoms with Gasteiger partial charge in [-0.3, -0.25) is 0 Å². The molecular formula is C16H27ClN2O. The number of nitrogens with one attached hydrogen (secondary N) is 1. The van der Waals surface area contributed by atoms with E-state index < -0.39 is 0 Å². The molecule has 1 unspecified atom stereocenters. The minimum atomic E-state index is 0.342. The van der Waals surface area contributed by atoms with Crippen molar-refractivity contribution < 1.29 is 4.74 Å². The highest BCUT2D eigenvalue weighted by Gasteiger charge is 2.11. The van der Waals surface area contributed by atoms with E-state index in [0.717, 1.165) is 44.3 Å². The molecule has 0 saturated heterocycles. The minimum absolute atomic E-state index is 0.342. The van der Waals surface area contributed by atoms with Gasteiger partial charge in [-0.15, -0.1) is 0 Å². The molecule has 4 heteroatoms. The molecule has 1 atom stereocenters. The number of halogens is 1. The summed E-state index contributed by atoms with van der Waals surface area (Å²) in [5, 5.41) is 4.17. The van der Waals surface area contributed by atoms with Gasteiger partial charge in [0.2, 0.25) is 0 Å². The standard InChI is InChI=1S/C16H27ClN2O/c1-4-19(11-12-20-5-2)10-9-16(18-3)14-7-6-8-15(17)13-14/h6-8,13,16,18H,4-5,9-12H2,1-3H3. The van der Waals surface area contributed by atoms with Crippen molar-refractivity contribution in [3.8, 4) is 0 Å². The molecule has 0 aromatic heterocycles. The van der Waals surface area contributed by atoms with Gasteiger partial charge in [0.15, 0.2) is 0 Å². The number of hydrogen-bond acceptors (Lipinski definition) is 3. The smallest absolute Gasteiger partial charge is 0.0593 e. The maximum atomic E-state index is 6.07. The SMILES string of the molecule is CCOCCN(CC)CCC(NC)c1cccc(Cl)c1. The normalized spacial score (nSPS) is 12.8. The molecule has 0 amide bonds. The Morgan fingerprint density at radius 3 is 2.70 bits per heavy atom. The fourth-order valence-electron chi connectivity index (χ4n) is 2.28. The van der Waals surface area contributed by atoms with Crippen LogP contribution in [0.5, 0.6) is 0 Å². The van der Waals surface area contributed by atoms with Gasteiger partial charge in [-0.1, -0.05) is 30.7 Å². The van der Waals surface area contributed by atoms with Crippen LogP contribution in [0, 0.1) is 0 Å². The lowest BCUT2D eigenvalue weighted by molar-refractivity contribution is 0.113. The van der Waals surface area contributed by atoms with E-state index in [9.17, 15) is 0 Å². The van der Waals surface area contributed by atoms with Crippen LogP contribution in [-0.2, 0) is 4.74 Å². The van der Waals surface area contributed by atoms with Crippen molar-refractivity contribution in [3.63, 3.8) is 0 Å². The van der Waals surface area contributed by atoms with Crippen LogP contribution in [0.2, 0.25) is 5.02 Å². The minimum Gasteiger partial charge on any atom is -0.380 e. The summed E-state index contributed by atoms with van der Waals surface area (Å²) in [4.78, 5) is 2.42. The molecule has 0 aliphatic heterocycles. The molecule has 0 fully saturated rings. The third-order valence-electron chi connectivity index (χ3n) is 3.54. The predicted octanol–water partition coefficient (Wildman–Crippen LogP) is 3.35. The number of rotatable bonds is 10. The van der Waals surface area contributed by atoms with E-state index in [0.29, 0.717) is 6.04 Å². The molecule has 0 spiro atoms. The molecule has 1 rings (SSSR count). The molecule has 0 heterocycles.